The van der Waals surface area contributed by atoms with Gasteiger partial charge in [0.25, 0.3) is 5.91 Å². The first-order chi connectivity index (χ1) is 12.2. The zero-order valence-electron chi connectivity index (χ0n) is 15.1. The first-order valence-electron chi connectivity index (χ1n) is 8.41. The number of aryl methyl sites for hydroxylation is 2. The van der Waals surface area contributed by atoms with E-state index in [4.69, 9.17) is 0 Å². The predicted molar refractivity (Wildman–Crippen MR) is 100 cm³/mol. The smallest absolute Gasteiger partial charge is 0.272 e. The number of carbonyl (C=O) groups excluding carboxylic acids is 1. The number of nitrogens with zero attached hydrogens (tertiary/aromatic N) is 3. The van der Waals surface area contributed by atoms with Crippen LogP contribution in [0.25, 0.3) is 0 Å². The van der Waals surface area contributed by atoms with Crippen LogP contribution in [0.5, 0.6) is 0 Å². The van der Waals surface area contributed by atoms with Crippen LogP contribution >= 0.6 is 0 Å². The third-order valence-electron chi connectivity index (χ3n) is 4.54. The van der Waals surface area contributed by atoms with Gasteiger partial charge in [0.05, 0.1) is 11.5 Å². The van der Waals surface area contributed by atoms with Crippen LogP contribution in [0.4, 0.5) is 11.6 Å². The number of anilines is 2. The molecule has 7 nitrogen and oxygen atoms in total. The Labute approximate surface area is 153 Å². The molecular formula is C18H22N4O3S. The summed E-state index contributed by atoms with van der Waals surface area (Å²) in [6.45, 7) is 3.76. The average Bonchev–Trinajstić information content (AvgIpc) is 2.95. The molecule has 0 bridgehead atoms. The van der Waals surface area contributed by atoms with Crippen molar-refractivity contribution in [3.8, 4) is 0 Å². The van der Waals surface area contributed by atoms with Crippen LogP contribution in [0.3, 0.4) is 0 Å². The molecule has 0 spiro atoms. The van der Waals surface area contributed by atoms with Crippen LogP contribution in [0.2, 0.25) is 0 Å². The van der Waals surface area contributed by atoms with Crippen molar-refractivity contribution >= 4 is 27.4 Å². The summed E-state index contributed by atoms with van der Waals surface area (Å²) in [5.41, 5.74) is 2.82. The molecule has 1 atom stereocenters. The number of hydrogen-bond donors (Lipinski definition) is 1. The van der Waals surface area contributed by atoms with E-state index in [1.165, 1.54) is 4.90 Å². The van der Waals surface area contributed by atoms with E-state index < -0.39 is 9.84 Å². The van der Waals surface area contributed by atoms with Gasteiger partial charge in [-0.25, -0.2) is 18.4 Å². The third kappa shape index (κ3) is 4.01. The Bertz CT molecular complexity index is 943. The monoisotopic (exact) mass is 374 g/mol. The lowest BCUT2D eigenvalue weighted by Crippen LogP contribution is -2.38. The number of nitrogens with one attached hydrogen (secondary N) is 1. The van der Waals surface area contributed by atoms with Gasteiger partial charge in [-0.3, -0.25) is 4.79 Å². The van der Waals surface area contributed by atoms with Crippen molar-refractivity contribution in [2.24, 2.45) is 0 Å². The molecule has 1 N–H and O–H groups in total. The van der Waals surface area contributed by atoms with Crippen molar-refractivity contribution in [2.75, 3.05) is 23.9 Å². The summed E-state index contributed by atoms with van der Waals surface area (Å²) in [6.07, 6.45) is 0.461. The maximum Gasteiger partial charge on any atom is 0.272 e. The van der Waals surface area contributed by atoms with Crippen molar-refractivity contribution < 1.29 is 13.2 Å². The Hall–Kier alpha value is -2.48. The topological polar surface area (TPSA) is 92.3 Å². The first-order valence-corrected chi connectivity index (χ1v) is 10.2. The lowest BCUT2D eigenvalue weighted by Gasteiger charge is -2.23. The highest BCUT2D eigenvalue weighted by Gasteiger charge is 2.33. The number of rotatable bonds is 4. The number of amides is 1. The minimum absolute atomic E-state index is 0.00756. The fourth-order valence-electron chi connectivity index (χ4n) is 2.99. The zero-order valence-corrected chi connectivity index (χ0v) is 15.9. The average molecular weight is 374 g/mol. The number of hydrogen-bond acceptors (Lipinski definition) is 6. The Morgan fingerprint density at radius 1 is 1.23 bits per heavy atom. The van der Waals surface area contributed by atoms with Gasteiger partial charge in [0.2, 0.25) is 5.95 Å². The van der Waals surface area contributed by atoms with E-state index in [-0.39, 0.29) is 29.1 Å². The molecule has 0 radical (unpaired) electrons. The minimum atomic E-state index is -3.06. The zero-order chi connectivity index (χ0) is 18.9. The highest BCUT2D eigenvalue weighted by Crippen LogP contribution is 2.20. The minimum Gasteiger partial charge on any atom is -0.336 e. The van der Waals surface area contributed by atoms with Crippen molar-refractivity contribution in [2.45, 2.75) is 26.3 Å². The lowest BCUT2D eigenvalue weighted by molar-refractivity contribution is 0.0741. The second kappa shape index (κ2) is 7.03. The quantitative estimate of drug-likeness (QED) is 0.881. The molecule has 2 aromatic rings. The molecule has 1 aliphatic heterocycles. The summed E-state index contributed by atoms with van der Waals surface area (Å²) in [4.78, 5) is 22.9. The Morgan fingerprint density at radius 3 is 2.62 bits per heavy atom. The van der Waals surface area contributed by atoms with Crippen molar-refractivity contribution in [1.82, 2.24) is 14.9 Å². The van der Waals surface area contributed by atoms with E-state index in [1.807, 2.05) is 31.2 Å². The molecule has 1 saturated heterocycles. The molecule has 2 heterocycles. The molecule has 8 heteroatoms. The number of benzene rings is 1. The molecule has 1 aliphatic rings. The summed E-state index contributed by atoms with van der Waals surface area (Å²) in [7, 11) is -1.43. The molecule has 0 aliphatic carbocycles. The van der Waals surface area contributed by atoms with Crippen molar-refractivity contribution in [3.05, 3.63) is 47.3 Å². The van der Waals surface area contributed by atoms with Crippen LogP contribution in [0, 0.1) is 13.8 Å². The third-order valence-corrected chi connectivity index (χ3v) is 6.29. The second-order valence-corrected chi connectivity index (χ2v) is 8.86. The van der Waals surface area contributed by atoms with Gasteiger partial charge in [0.15, 0.2) is 9.84 Å². The van der Waals surface area contributed by atoms with E-state index in [9.17, 15) is 13.2 Å². The molecule has 138 valence electrons. The summed E-state index contributed by atoms with van der Waals surface area (Å²) in [5, 5.41) is 3.14. The molecule has 1 aromatic heterocycles. The summed E-state index contributed by atoms with van der Waals surface area (Å²) in [5.74, 6) is 0.173. The van der Waals surface area contributed by atoms with E-state index in [2.05, 4.69) is 15.3 Å². The number of aromatic nitrogens is 2. The lowest BCUT2D eigenvalue weighted by atomic mass is 10.2. The molecule has 1 amide bonds. The molecule has 0 saturated carbocycles. The molecule has 26 heavy (non-hydrogen) atoms. The highest BCUT2D eigenvalue weighted by atomic mass is 32.2. The van der Waals surface area contributed by atoms with E-state index in [0.717, 1.165) is 11.3 Å². The van der Waals surface area contributed by atoms with Crippen LogP contribution in [0.1, 0.15) is 28.2 Å². The SMILES string of the molecule is Cc1cc(C(=O)N(C)C2CCS(=O)(=O)C2)nc(Nc2ccccc2C)n1. The van der Waals surface area contributed by atoms with Gasteiger partial charge in [-0.15, -0.1) is 0 Å². The number of sulfone groups is 1. The molecule has 1 unspecified atom stereocenters. The molecule has 1 aromatic carbocycles. The Kier molecular flexibility index (Phi) is 4.95. The molecular weight excluding hydrogens is 352 g/mol. The van der Waals surface area contributed by atoms with Gasteiger partial charge < -0.3 is 10.2 Å². The van der Waals surface area contributed by atoms with Gasteiger partial charge in [0.1, 0.15) is 5.69 Å². The van der Waals surface area contributed by atoms with Crippen LogP contribution < -0.4 is 5.32 Å². The van der Waals surface area contributed by atoms with E-state index >= 15 is 0 Å². The number of carbonyl (C=O) groups is 1. The Balaban J connectivity index is 1.83. The molecule has 3 rings (SSSR count). The highest BCUT2D eigenvalue weighted by molar-refractivity contribution is 7.91. The second-order valence-electron chi connectivity index (χ2n) is 6.63. The fraction of sp³-hybridized carbons (Fsp3) is 0.389. The predicted octanol–water partition coefficient (Wildman–Crippen LogP) is 2.10. The van der Waals surface area contributed by atoms with Crippen LogP contribution in [0.15, 0.2) is 30.3 Å². The van der Waals surface area contributed by atoms with Gasteiger partial charge in [0, 0.05) is 24.5 Å². The van der Waals surface area contributed by atoms with E-state index in [1.54, 1.807) is 20.0 Å². The van der Waals surface area contributed by atoms with Gasteiger partial charge in [-0.2, -0.15) is 0 Å². The van der Waals surface area contributed by atoms with Crippen LogP contribution in [-0.2, 0) is 9.84 Å². The summed E-state index contributed by atoms with van der Waals surface area (Å²) >= 11 is 0. The van der Waals surface area contributed by atoms with Crippen molar-refractivity contribution in [3.63, 3.8) is 0 Å². The maximum absolute atomic E-state index is 12.8. The largest absolute Gasteiger partial charge is 0.336 e. The van der Waals surface area contributed by atoms with Crippen molar-refractivity contribution in [1.29, 1.82) is 0 Å². The maximum atomic E-state index is 12.8. The van der Waals surface area contributed by atoms with E-state index in [0.29, 0.717) is 18.1 Å². The van der Waals surface area contributed by atoms with Gasteiger partial charge in [-0.05, 0) is 38.0 Å². The standard InChI is InChI=1S/C18H22N4O3S/c1-12-6-4-5-7-15(12)20-18-19-13(2)10-16(21-18)17(23)22(3)14-8-9-26(24,25)11-14/h4-7,10,14H,8-9,11H2,1-3H3,(H,19,20,21). The van der Waals surface area contributed by atoms with Gasteiger partial charge >= 0.3 is 0 Å². The molecule has 1 fully saturated rings. The van der Waals surface area contributed by atoms with Crippen LogP contribution in [-0.4, -0.2) is 53.8 Å². The summed E-state index contributed by atoms with van der Waals surface area (Å²) in [6, 6.07) is 9.04. The Morgan fingerprint density at radius 2 is 1.96 bits per heavy atom. The first kappa shape index (κ1) is 18.3. The fourth-order valence-corrected chi connectivity index (χ4v) is 4.77. The number of para-hydroxylation sites is 1. The van der Waals surface area contributed by atoms with Gasteiger partial charge in [-0.1, -0.05) is 18.2 Å². The normalized spacial score (nSPS) is 18.5. The summed E-state index contributed by atoms with van der Waals surface area (Å²) < 4.78 is 23.3.